The van der Waals surface area contributed by atoms with Gasteiger partial charge in [0.1, 0.15) is 5.82 Å². The highest BCUT2D eigenvalue weighted by Crippen LogP contribution is 2.43. The van der Waals surface area contributed by atoms with E-state index in [2.05, 4.69) is 45.9 Å². The summed E-state index contributed by atoms with van der Waals surface area (Å²) in [6, 6.07) is 13.4. The van der Waals surface area contributed by atoms with E-state index in [1.54, 1.807) is 0 Å². The lowest BCUT2D eigenvalue weighted by Crippen LogP contribution is -2.41. The quantitative estimate of drug-likeness (QED) is 0.592. The molecule has 0 saturated carbocycles. The minimum absolute atomic E-state index is 0.439. The molecule has 0 spiro atoms. The smallest absolute Gasteiger partial charge is 0.124 e. The molecule has 2 aromatic heterocycles. The molecule has 2 atom stereocenters. The van der Waals surface area contributed by atoms with Crippen molar-refractivity contribution in [1.29, 1.82) is 0 Å². The van der Waals surface area contributed by atoms with Crippen molar-refractivity contribution in [3.05, 3.63) is 59.7 Å². The summed E-state index contributed by atoms with van der Waals surface area (Å²) in [5.41, 5.74) is 10.8. The zero-order valence-corrected chi connectivity index (χ0v) is 17.8. The summed E-state index contributed by atoms with van der Waals surface area (Å²) < 4.78 is 2.46. The summed E-state index contributed by atoms with van der Waals surface area (Å²) in [4.78, 5) is 12.6. The molecule has 0 bridgehead atoms. The topological polar surface area (TPSA) is 60.0 Å². The molecule has 0 radical (unpaired) electrons. The SMILES string of the molecule is NCCCCCn1c(CN2CCC[C@H]3CCc4cccnc4[C@@H]32)nc2ccccc21. The molecule has 3 aromatic rings. The van der Waals surface area contributed by atoms with E-state index in [-0.39, 0.29) is 0 Å². The summed E-state index contributed by atoms with van der Waals surface area (Å²) in [5, 5.41) is 0. The Hall–Kier alpha value is -2.24. The first-order valence-electron chi connectivity index (χ1n) is 11.7. The number of likely N-dealkylation sites (tertiary alicyclic amines) is 1. The predicted molar refractivity (Wildman–Crippen MR) is 121 cm³/mol. The van der Waals surface area contributed by atoms with E-state index in [4.69, 9.17) is 15.7 Å². The molecule has 5 heteroatoms. The average Bonchev–Trinajstić information content (AvgIpc) is 3.13. The first kappa shape index (κ1) is 19.7. The Balaban J connectivity index is 1.45. The lowest BCUT2D eigenvalue weighted by atomic mass is 9.77. The molecule has 1 aliphatic heterocycles. The number of aryl methyl sites for hydroxylation is 2. The van der Waals surface area contributed by atoms with Crippen LogP contribution in [0.5, 0.6) is 0 Å². The number of pyridine rings is 1. The van der Waals surface area contributed by atoms with Gasteiger partial charge in [0.15, 0.2) is 0 Å². The maximum absolute atomic E-state index is 5.70. The Kier molecular flexibility index (Phi) is 5.82. The summed E-state index contributed by atoms with van der Waals surface area (Å²) in [7, 11) is 0. The van der Waals surface area contributed by atoms with Gasteiger partial charge in [0.2, 0.25) is 0 Å². The van der Waals surface area contributed by atoms with Crippen LogP contribution in [0.1, 0.15) is 61.6 Å². The van der Waals surface area contributed by atoms with Gasteiger partial charge in [-0.25, -0.2) is 4.98 Å². The zero-order chi connectivity index (χ0) is 20.3. The van der Waals surface area contributed by atoms with E-state index in [0.29, 0.717) is 6.04 Å². The average molecular weight is 404 g/mol. The molecule has 1 saturated heterocycles. The van der Waals surface area contributed by atoms with Crippen molar-refractivity contribution in [3.63, 3.8) is 0 Å². The Bertz CT molecular complexity index is 994. The van der Waals surface area contributed by atoms with E-state index in [0.717, 1.165) is 50.5 Å². The second-order valence-electron chi connectivity index (χ2n) is 8.92. The van der Waals surface area contributed by atoms with Crippen molar-refractivity contribution in [1.82, 2.24) is 19.4 Å². The van der Waals surface area contributed by atoms with Gasteiger partial charge >= 0.3 is 0 Å². The number of aromatic nitrogens is 3. The second-order valence-corrected chi connectivity index (χ2v) is 8.92. The van der Waals surface area contributed by atoms with Gasteiger partial charge in [0.05, 0.1) is 29.3 Å². The Morgan fingerprint density at radius 1 is 1.03 bits per heavy atom. The number of nitrogens with two attached hydrogens (primary N) is 1. The first-order chi connectivity index (χ1) is 14.8. The van der Waals surface area contributed by atoms with Crippen LogP contribution < -0.4 is 5.73 Å². The third-order valence-corrected chi connectivity index (χ3v) is 7.01. The maximum atomic E-state index is 5.70. The lowest BCUT2D eigenvalue weighted by molar-refractivity contribution is 0.0664. The van der Waals surface area contributed by atoms with Crippen molar-refractivity contribution in [2.45, 2.75) is 64.1 Å². The highest BCUT2D eigenvalue weighted by atomic mass is 15.2. The third kappa shape index (κ3) is 3.77. The molecule has 3 heterocycles. The third-order valence-electron chi connectivity index (χ3n) is 7.01. The number of hydrogen-bond acceptors (Lipinski definition) is 4. The second kappa shape index (κ2) is 8.86. The zero-order valence-electron chi connectivity index (χ0n) is 17.8. The normalized spacial score (nSPS) is 21.5. The molecule has 158 valence electrons. The molecule has 1 aromatic carbocycles. The summed E-state index contributed by atoms with van der Waals surface area (Å²) in [5.74, 6) is 1.93. The van der Waals surface area contributed by atoms with Crippen molar-refractivity contribution in [2.24, 2.45) is 11.7 Å². The number of nitrogens with zero attached hydrogens (tertiary/aromatic N) is 4. The highest BCUT2D eigenvalue weighted by molar-refractivity contribution is 5.75. The fraction of sp³-hybridized carbons (Fsp3) is 0.520. The minimum Gasteiger partial charge on any atom is -0.330 e. The van der Waals surface area contributed by atoms with Crippen LogP contribution in [-0.4, -0.2) is 32.5 Å². The Morgan fingerprint density at radius 2 is 1.97 bits per heavy atom. The maximum Gasteiger partial charge on any atom is 0.124 e. The minimum atomic E-state index is 0.439. The van der Waals surface area contributed by atoms with Crippen LogP contribution in [0, 0.1) is 5.92 Å². The number of benzene rings is 1. The number of fused-ring (bicyclic) bond motifs is 4. The van der Waals surface area contributed by atoms with Crippen LogP contribution in [0.4, 0.5) is 0 Å². The summed E-state index contributed by atoms with van der Waals surface area (Å²) in [6.45, 7) is 3.84. The van der Waals surface area contributed by atoms with E-state index in [9.17, 15) is 0 Å². The standard InChI is InChI=1S/C25H33N5/c26-14-4-1-5-17-30-22-11-3-2-10-21(22)28-23(30)18-29-16-7-9-20-13-12-19-8-6-15-27-24(19)25(20)29/h2-3,6,8,10-11,15,20,25H,1,4-5,7,9,12-14,16-18,26H2/t20-,25+/m0/s1. The summed E-state index contributed by atoms with van der Waals surface area (Å²) in [6.07, 6.45) is 10.5. The van der Waals surface area contributed by atoms with Crippen LogP contribution in [0.3, 0.4) is 0 Å². The number of unbranched alkanes of at least 4 members (excludes halogenated alkanes) is 2. The Labute approximate surface area is 179 Å². The first-order valence-corrected chi connectivity index (χ1v) is 11.7. The fourth-order valence-corrected chi connectivity index (χ4v) is 5.57. The molecule has 30 heavy (non-hydrogen) atoms. The largest absolute Gasteiger partial charge is 0.330 e. The molecule has 2 N–H and O–H groups in total. The van der Waals surface area contributed by atoms with Crippen LogP contribution in [0.15, 0.2) is 42.6 Å². The number of imidazole rings is 1. The molecule has 2 aliphatic rings. The number of rotatable bonds is 7. The van der Waals surface area contributed by atoms with Gasteiger partial charge < -0.3 is 10.3 Å². The molecular formula is C25H33N5. The molecule has 5 rings (SSSR count). The monoisotopic (exact) mass is 403 g/mol. The molecule has 0 amide bonds. The van der Waals surface area contributed by atoms with E-state index in [1.807, 2.05) is 6.20 Å². The molecule has 1 fully saturated rings. The van der Waals surface area contributed by atoms with Gasteiger partial charge in [-0.15, -0.1) is 0 Å². The van der Waals surface area contributed by atoms with E-state index in [1.165, 1.54) is 54.7 Å². The number of piperidine rings is 1. The van der Waals surface area contributed by atoms with Gasteiger partial charge in [-0.05, 0) is 81.3 Å². The number of para-hydroxylation sites is 2. The van der Waals surface area contributed by atoms with E-state index >= 15 is 0 Å². The van der Waals surface area contributed by atoms with Crippen molar-refractivity contribution in [3.8, 4) is 0 Å². The molecule has 5 nitrogen and oxygen atoms in total. The highest BCUT2D eigenvalue weighted by Gasteiger charge is 2.38. The van der Waals surface area contributed by atoms with Gasteiger partial charge in [-0.3, -0.25) is 9.88 Å². The van der Waals surface area contributed by atoms with Crippen molar-refractivity contribution < 1.29 is 0 Å². The van der Waals surface area contributed by atoms with Gasteiger partial charge in [0.25, 0.3) is 0 Å². The summed E-state index contributed by atoms with van der Waals surface area (Å²) >= 11 is 0. The molecular weight excluding hydrogens is 370 g/mol. The Morgan fingerprint density at radius 3 is 2.90 bits per heavy atom. The van der Waals surface area contributed by atoms with Gasteiger partial charge in [0, 0.05) is 12.7 Å². The molecule has 1 aliphatic carbocycles. The van der Waals surface area contributed by atoms with Crippen LogP contribution in [0.2, 0.25) is 0 Å². The van der Waals surface area contributed by atoms with Crippen LogP contribution in [0.25, 0.3) is 11.0 Å². The predicted octanol–water partition coefficient (Wildman–Crippen LogP) is 4.46. The van der Waals surface area contributed by atoms with Gasteiger partial charge in [-0.1, -0.05) is 24.6 Å². The lowest BCUT2D eigenvalue weighted by Gasteiger charge is -2.44. The molecule has 0 unspecified atom stereocenters. The van der Waals surface area contributed by atoms with Crippen molar-refractivity contribution >= 4 is 11.0 Å². The van der Waals surface area contributed by atoms with E-state index < -0.39 is 0 Å². The fourth-order valence-electron chi connectivity index (χ4n) is 5.57. The van der Waals surface area contributed by atoms with Crippen LogP contribution >= 0.6 is 0 Å². The number of hydrogen-bond donors (Lipinski definition) is 1. The van der Waals surface area contributed by atoms with Crippen molar-refractivity contribution in [2.75, 3.05) is 13.1 Å². The van der Waals surface area contributed by atoms with Gasteiger partial charge in [-0.2, -0.15) is 0 Å². The van der Waals surface area contributed by atoms with Crippen LogP contribution in [-0.2, 0) is 19.5 Å².